The highest BCUT2D eigenvalue weighted by Gasteiger charge is 2.19. The molecular weight excluding hydrogens is 218 g/mol. The van der Waals surface area contributed by atoms with Gasteiger partial charge < -0.3 is 9.72 Å². The highest BCUT2D eigenvalue weighted by molar-refractivity contribution is 5.89. The molecule has 0 saturated heterocycles. The van der Waals surface area contributed by atoms with Crippen LogP contribution in [-0.2, 0) is 4.74 Å². The van der Waals surface area contributed by atoms with Crippen molar-refractivity contribution in [2.75, 3.05) is 0 Å². The molecule has 17 heavy (non-hydrogen) atoms. The molecule has 1 N–H and O–H groups in total. The van der Waals surface area contributed by atoms with E-state index < -0.39 is 11.6 Å². The zero-order chi connectivity index (χ0) is 13.1. The summed E-state index contributed by atoms with van der Waals surface area (Å²) in [5, 5.41) is 0. The van der Waals surface area contributed by atoms with Crippen LogP contribution in [0.4, 0.5) is 0 Å². The summed E-state index contributed by atoms with van der Waals surface area (Å²) >= 11 is 0. The van der Waals surface area contributed by atoms with E-state index in [-0.39, 0.29) is 11.0 Å². The SMILES string of the molecule is C/C=C/c1cc(=O)c(C(=O)OC(C)(C)C)c[nH]1. The molecule has 0 aliphatic rings. The summed E-state index contributed by atoms with van der Waals surface area (Å²) in [7, 11) is 0. The molecule has 0 unspecified atom stereocenters. The van der Waals surface area contributed by atoms with Crippen LogP contribution >= 0.6 is 0 Å². The third kappa shape index (κ3) is 3.90. The zero-order valence-electron chi connectivity index (χ0n) is 10.5. The lowest BCUT2D eigenvalue weighted by molar-refractivity contribution is 0.00677. The van der Waals surface area contributed by atoms with Crippen molar-refractivity contribution in [2.45, 2.75) is 33.3 Å². The van der Waals surface area contributed by atoms with Gasteiger partial charge in [0.05, 0.1) is 0 Å². The predicted molar refractivity (Wildman–Crippen MR) is 66.9 cm³/mol. The number of nitrogens with one attached hydrogen (secondary N) is 1. The molecule has 1 aromatic heterocycles. The highest BCUT2D eigenvalue weighted by atomic mass is 16.6. The van der Waals surface area contributed by atoms with Gasteiger partial charge in [0.15, 0.2) is 5.43 Å². The lowest BCUT2D eigenvalue weighted by Crippen LogP contribution is -2.27. The number of hydrogen-bond acceptors (Lipinski definition) is 3. The van der Waals surface area contributed by atoms with Crippen molar-refractivity contribution in [1.82, 2.24) is 4.98 Å². The Morgan fingerprint density at radius 1 is 1.41 bits per heavy atom. The van der Waals surface area contributed by atoms with Crippen LogP contribution in [0.2, 0.25) is 0 Å². The van der Waals surface area contributed by atoms with Gasteiger partial charge in [0.1, 0.15) is 11.2 Å². The van der Waals surface area contributed by atoms with Gasteiger partial charge in [-0.15, -0.1) is 0 Å². The minimum Gasteiger partial charge on any atom is -0.456 e. The fourth-order valence-corrected chi connectivity index (χ4v) is 1.26. The smallest absolute Gasteiger partial charge is 0.344 e. The molecule has 0 aromatic carbocycles. The number of H-pyrrole nitrogens is 1. The third-order valence-electron chi connectivity index (χ3n) is 1.90. The van der Waals surface area contributed by atoms with Crippen molar-refractivity contribution < 1.29 is 9.53 Å². The third-order valence-corrected chi connectivity index (χ3v) is 1.90. The summed E-state index contributed by atoms with van der Waals surface area (Å²) in [6.07, 6.45) is 4.93. The van der Waals surface area contributed by atoms with Crippen LogP contribution in [0, 0.1) is 0 Å². The number of allylic oxidation sites excluding steroid dienone is 1. The van der Waals surface area contributed by atoms with Crippen molar-refractivity contribution in [3.05, 3.63) is 39.8 Å². The number of pyridine rings is 1. The average molecular weight is 235 g/mol. The van der Waals surface area contributed by atoms with Crippen molar-refractivity contribution in [2.24, 2.45) is 0 Å². The molecule has 1 heterocycles. The molecule has 1 rings (SSSR count). The number of carbonyl (C=O) groups is 1. The van der Waals surface area contributed by atoms with E-state index in [4.69, 9.17) is 4.74 Å². The van der Waals surface area contributed by atoms with Crippen LogP contribution < -0.4 is 5.43 Å². The second-order valence-corrected chi connectivity index (χ2v) is 4.67. The molecule has 0 amide bonds. The average Bonchev–Trinajstić information content (AvgIpc) is 2.15. The van der Waals surface area contributed by atoms with E-state index in [2.05, 4.69) is 4.98 Å². The van der Waals surface area contributed by atoms with Gasteiger partial charge in [-0.25, -0.2) is 4.79 Å². The second-order valence-electron chi connectivity index (χ2n) is 4.67. The molecule has 1 aromatic rings. The standard InChI is InChI=1S/C13H17NO3/c1-5-6-9-7-11(15)10(8-14-9)12(16)17-13(2,3)4/h5-8H,1-4H3,(H,14,15)/b6-5+. The lowest BCUT2D eigenvalue weighted by Gasteiger charge is -2.19. The number of esters is 1. The number of aromatic nitrogens is 1. The summed E-state index contributed by atoms with van der Waals surface area (Å²) in [6, 6.07) is 1.37. The van der Waals surface area contributed by atoms with Crippen LogP contribution in [0.3, 0.4) is 0 Å². The molecule has 92 valence electrons. The zero-order valence-corrected chi connectivity index (χ0v) is 10.5. The molecule has 0 saturated carbocycles. The highest BCUT2D eigenvalue weighted by Crippen LogP contribution is 2.09. The first-order chi connectivity index (χ1) is 7.83. The molecule has 0 atom stereocenters. The first kappa shape index (κ1) is 13.2. The summed E-state index contributed by atoms with van der Waals surface area (Å²) in [5.74, 6) is -0.606. The Hall–Kier alpha value is -1.84. The number of carbonyl (C=O) groups excluding carboxylic acids is 1. The minimum atomic E-state index is -0.606. The summed E-state index contributed by atoms with van der Waals surface area (Å²) in [6.45, 7) is 7.12. The van der Waals surface area contributed by atoms with E-state index in [1.165, 1.54) is 12.3 Å². The van der Waals surface area contributed by atoms with E-state index >= 15 is 0 Å². The Morgan fingerprint density at radius 3 is 2.53 bits per heavy atom. The fraction of sp³-hybridized carbons (Fsp3) is 0.385. The van der Waals surface area contributed by atoms with Gasteiger partial charge in [-0.05, 0) is 33.8 Å². The molecule has 4 nitrogen and oxygen atoms in total. The summed E-state index contributed by atoms with van der Waals surface area (Å²) in [5.41, 5.74) is -0.269. The van der Waals surface area contributed by atoms with Crippen molar-refractivity contribution in [3.8, 4) is 0 Å². The van der Waals surface area contributed by atoms with Gasteiger partial charge in [0, 0.05) is 18.0 Å². The van der Waals surface area contributed by atoms with E-state index in [9.17, 15) is 9.59 Å². The van der Waals surface area contributed by atoms with Crippen LogP contribution in [0.5, 0.6) is 0 Å². The molecule has 0 fully saturated rings. The van der Waals surface area contributed by atoms with E-state index in [1.54, 1.807) is 32.9 Å². The first-order valence-electron chi connectivity index (χ1n) is 5.42. The van der Waals surface area contributed by atoms with E-state index in [1.807, 2.05) is 6.92 Å². The topological polar surface area (TPSA) is 59.2 Å². The van der Waals surface area contributed by atoms with Gasteiger partial charge in [-0.1, -0.05) is 6.08 Å². The van der Waals surface area contributed by atoms with Crippen molar-refractivity contribution in [3.63, 3.8) is 0 Å². The molecule has 0 aliphatic heterocycles. The Bertz CT molecular complexity index is 492. The predicted octanol–water partition coefficient (Wildman–Crippen LogP) is 2.36. The fourth-order valence-electron chi connectivity index (χ4n) is 1.26. The maximum atomic E-state index is 11.7. The monoisotopic (exact) mass is 235 g/mol. The maximum absolute atomic E-state index is 11.7. The summed E-state index contributed by atoms with van der Waals surface area (Å²) in [4.78, 5) is 26.2. The maximum Gasteiger partial charge on any atom is 0.344 e. The van der Waals surface area contributed by atoms with Gasteiger partial charge in [-0.2, -0.15) is 0 Å². The number of rotatable bonds is 2. The normalized spacial score (nSPS) is 11.8. The van der Waals surface area contributed by atoms with Crippen LogP contribution in [0.1, 0.15) is 43.7 Å². The second kappa shape index (κ2) is 4.99. The Morgan fingerprint density at radius 2 is 2.06 bits per heavy atom. The molecule has 0 spiro atoms. The van der Waals surface area contributed by atoms with Gasteiger partial charge in [0.2, 0.25) is 0 Å². The van der Waals surface area contributed by atoms with Crippen molar-refractivity contribution >= 4 is 12.0 Å². The molecule has 0 radical (unpaired) electrons. The Kier molecular flexibility index (Phi) is 3.89. The number of ether oxygens (including phenoxy) is 1. The van der Waals surface area contributed by atoms with Crippen LogP contribution in [0.15, 0.2) is 23.1 Å². The molecule has 0 aliphatic carbocycles. The quantitative estimate of drug-likeness (QED) is 0.800. The van der Waals surface area contributed by atoms with Gasteiger partial charge in [0.25, 0.3) is 0 Å². The Labute approximate surface area is 100 Å². The molecule has 4 heteroatoms. The number of hydrogen-bond donors (Lipinski definition) is 1. The van der Waals surface area contributed by atoms with E-state index in [0.29, 0.717) is 5.69 Å². The first-order valence-corrected chi connectivity index (χ1v) is 5.42. The van der Waals surface area contributed by atoms with Crippen molar-refractivity contribution in [1.29, 1.82) is 0 Å². The number of aromatic amines is 1. The lowest BCUT2D eigenvalue weighted by atomic mass is 10.2. The summed E-state index contributed by atoms with van der Waals surface area (Å²) < 4.78 is 5.13. The largest absolute Gasteiger partial charge is 0.456 e. The van der Waals surface area contributed by atoms with Gasteiger partial charge in [-0.3, -0.25) is 4.79 Å². The Balaban J connectivity index is 3.01. The van der Waals surface area contributed by atoms with E-state index in [0.717, 1.165) is 0 Å². The van der Waals surface area contributed by atoms with Crippen LogP contribution in [-0.4, -0.2) is 16.6 Å². The van der Waals surface area contributed by atoms with Crippen LogP contribution in [0.25, 0.3) is 6.08 Å². The minimum absolute atomic E-state index is 0.0215. The van der Waals surface area contributed by atoms with Gasteiger partial charge >= 0.3 is 5.97 Å². The molecule has 0 bridgehead atoms. The molecular formula is C13H17NO3.